The van der Waals surface area contributed by atoms with Gasteiger partial charge >= 0.3 is 0 Å². The lowest BCUT2D eigenvalue weighted by Gasteiger charge is -2.20. The van der Waals surface area contributed by atoms with Gasteiger partial charge in [-0.15, -0.1) is 0 Å². The van der Waals surface area contributed by atoms with Gasteiger partial charge < -0.3 is 4.74 Å². The molecule has 0 aromatic carbocycles. The first-order valence-electron chi connectivity index (χ1n) is 5.42. The minimum atomic E-state index is 0.435. The predicted octanol–water partition coefficient (Wildman–Crippen LogP) is 2.56. The van der Waals surface area contributed by atoms with E-state index in [1.54, 1.807) is 0 Å². The fourth-order valence-electron chi connectivity index (χ4n) is 1.66. The van der Waals surface area contributed by atoms with Gasteiger partial charge in [-0.05, 0) is 25.2 Å². The van der Waals surface area contributed by atoms with E-state index in [4.69, 9.17) is 4.74 Å². The number of hydrogen-bond acceptors (Lipinski definition) is 2. The van der Waals surface area contributed by atoms with Gasteiger partial charge in [0.05, 0.1) is 0 Å². The van der Waals surface area contributed by atoms with Crippen LogP contribution < -0.4 is 0 Å². The summed E-state index contributed by atoms with van der Waals surface area (Å²) in [6, 6.07) is 0. The molecule has 0 radical (unpaired) electrons. The van der Waals surface area contributed by atoms with Crippen molar-refractivity contribution < 1.29 is 9.53 Å². The second-order valence-electron chi connectivity index (χ2n) is 3.91. The summed E-state index contributed by atoms with van der Waals surface area (Å²) in [4.78, 5) is 10.9. The Morgan fingerprint density at radius 2 is 2.08 bits per heavy atom. The fourth-order valence-corrected chi connectivity index (χ4v) is 1.66. The van der Waals surface area contributed by atoms with Crippen LogP contribution in [0.15, 0.2) is 0 Å². The van der Waals surface area contributed by atoms with E-state index in [9.17, 15) is 4.79 Å². The third-order valence-electron chi connectivity index (χ3n) is 2.66. The van der Waals surface area contributed by atoms with Crippen molar-refractivity contribution in [3.05, 3.63) is 0 Å². The molecule has 0 saturated heterocycles. The average molecular weight is 184 g/mol. The van der Waals surface area contributed by atoms with Gasteiger partial charge in [0.2, 0.25) is 0 Å². The van der Waals surface area contributed by atoms with E-state index in [-0.39, 0.29) is 0 Å². The molecule has 0 amide bonds. The van der Waals surface area contributed by atoms with Crippen LogP contribution >= 0.6 is 0 Å². The van der Waals surface area contributed by atoms with Crippen LogP contribution in [0.4, 0.5) is 0 Å². The van der Waals surface area contributed by atoms with Gasteiger partial charge in [0.15, 0.2) is 0 Å². The quantitative estimate of drug-likeness (QED) is 0.614. The lowest BCUT2D eigenvalue weighted by molar-refractivity contribution is -0.121. The molecule has 0 aromatic rings. The van der Waals surface area contributed by atoms with Crippen molar-refractivity contribution in [1.82, 2.24) is 0 Å². The van der Waals surface area contributed by atoms with Gasteiger partial charge in [-0.2, -0.15) is 0 Å². The molecular weight excluding hydrogens is 164 g/mol. The summed E-state index contributed by atoms with van der Waals surface area (Å²) in [6.45, 7) is 3.93. The summed E-state index contributed by atoms with van der Waals surface area (Å²) in [5.41, 5.74) is 0. The normalized spacial score (nSPS) is 19.3. The number of rotatable bonds is 5. The molecule has 1 aliphatic carbocycles. The van der Waals surface area contributed by atoms with Gasteiger partial charge in [-0.1, -0.05) is 13.3 Å². The maximum Gasteiger partial charge on any atom is 0.132 e. The Balaban J connectivity index is 1.99. The summed E-state index contributed by atoms with van der Waals surface area (Å²) < 4.78 is 5.54. The van der Waals surface area contributed by atoms with Crippen LogP contribution in [0.3, 0.4) is 0 Å². The Morgan fingerprint density at radius 3 is 2.69 bits per heavy atom. The number of carbonyl (C=O) groups excluding carboxylic acids is 1. The summed E-state index contributed by atoms with van der Waals surface area (Å²) >= 11 is 0. The van der Waals surface area contributed by atoms with E-state index >= 15 is 0 Å². The van der Waals surface area contributed by atoms with Crippen LogP contribution in [0, 0.1) is 5.92 Å². The van der Waals surface area contributed by atoms with Gasteiger partial charge in [-0.3, -0.25) is 4.79 Å². The SMILES string of the molecule is CCCCOCC1CCC(=O)CC1. The molecule has 0 spiro atoms. The average Bonchev–Trinajstić information content (AvgIpc) is 2.15. The number of hydrogen-bond donors (Lipinski definition) is 0. The molecule has 1 saturated carbocycles. The lowest BCUT2D eigenvalue weighted by atomic mass is 9.89. The number of Topliss-reactive ketones (excluding diaryl/α,β-unsaturated/α-hetero) is 1. The van der Waals surface area contributed by atoms with E-state index in [2.05, 4.69) is 6.92 Å². The molecule has 0 heterocycles. The first-order chi connectivity index (χ1) is 6.33. The smallest absolute Gasteiger partial charge is 0.132 e. The Morgan fingerprint density at radius 1 is 1.38 bits per heavy atom. The second kappa shape index (κ2) is 6.14. The summed E-state index contributed by atoms with van der Waals surface area (Å²) in [6.07, 6.45) is 6.01. The molecule has 1 rings (SSSR count). The van der Waals surface area contributed by atoms with Gasteiger partial charge in [-0.25, -0.2) is 0 Å². The van der Waals surface area contributed by atoms with E-state index in [0.29, 0.717) is 11.7 Å². The Hall–Kier alpha value is -0.370. The highest BCUT2D eigenvalue weighted by atomic mass is 16.5. The van der Waals surface area contributed by atoms with Crippen LogP contribution in [-0.2, 0) is 9.53 Å². The summed E-state index contributed by atoms with van der Waals surface area (Å²) in [5.74, 6) is 1.08. The number of ketones is 1. The highest BCUT2D eigenvalue weighted by molar-refractivity contribution is 5.78. The monoisotopic (exact) mass is 184 g/mol. The van der Waals surface area contributed by atoms with Crippen LogP contribution in [0.2, 0.25) is 0 Å². The zero-order valence-corrected chi connectivity index (χ0v) is 8.55. The summed E-state index contributed by atoms with van der Waals surface area (Å²) in [5, 5.41) is 0. The topological polar surface area (TPSA) is 26.3 Å². The second-order valence-corrected chi connectivity index (χ2v) is 3.91. The molecule has 2 heteroatoms. The fraction of sp³-hybridized carbons (Fsp3) is 0.909. The van der Waals surface area contributed by atoms with Crippen molar-refractivity contribution in [3.63, 3.8) is 0 Å². The highest BCUT2D eigenvalue weighted by Gasteiger charge is 2.18. The van der Waals surface area contributed by atoms with Crippen LogP contribution in [0.25, 0.3) is 0 Å². The molecule has 1 fully saturated rings. The van der Waals surface area contributed by atoms with Crippen LogP contribution in [-0.4, -0.2) is 19.0 Å². The summed E-state index contributed by atoms with van der Waals surface area (Å²) in [7, 11) is 0. The van der Waals surface area contributed by atoms with E-state index in [0.717, 1.165) is 45.3 Å². The molecule has 0 unspecified atom stereocenters. The first kappa shape index (κ1) is 10.7. The molecule has 1 aliphatic rings. The predicted molar refractivity (Wildman–Crippen MR) is 52.7 cm³/mol. The molecule has 13 heavy (non-hydrogen) atoms. The number of unbranched alkanes of at least 4 members (excludes halogenated alkanes) is 1. The zero-order valence-electron chi connectivity index (χ0n) is 8.55. The number of ether oxygens (including phenoxy) is 1. The van der Waals surface area contributed by atoms with Gasteiger partial charge in [0.25, 0.3) is 0 Å². The van der Waals surface area contributed by atoms with Crippen molar-refractivity contribution in [2.45, 2.75) is 45.4 Å². The first-order valence-corrected chi connectivity index (χ1v) is 5.42. The van der Waals surface area contributed by atoms with Crippen molar-refractivity contribution >= 4 is 5.78 Å². The third kappa shape index (κ3) is 4.41. The standard InChI is InChI=1S/C11H20O2/c1-2-3-8-13-9-10-4-6-11(12)7-5-10/h10H,2-9H2,1H3. The van der Waals surface area contributed by atoms with Crippen molar-refractivity contribution in [2.24, 2.45) is 5.92 Å². The minimum absolute atomic E-state index is 0.435. The third-order valence-corrected chi connectivity index (χ3v) is 2.66. The molecule has 0 bridgehead atoms. The van der Waals surface area contributed by atoms with Crippen molar-refractivity contribution in [2.75, 3.05) is 13.2 Å². The Bertz CT molecular complexity index is 144. The van der Waals surface area contributed by atoms with E-state index in [1.807, 2.05) is 0 Å². The van der Waals surface area contributed by atoms with E-state index in [1.165, 1.54) is 6.42 Å². The molecule has 2 nitrogen and oxygen atoms in total. The lowest BCUT2D eigenvalue weighted by Crippen LogP contribution is -2.18. The molecule has 0 aliphatic heterocycles. The van der Waals surface area contributed by atoms with Crippen molar-refractivity contribution in [1.29, 1.82) is 0 Å². The van der Waals surface area contributed by atoms with Gasteiger partial charge in [0, 0.05) is 26.1 Å². The minimum Gasteiger partial charge on any atom is -0.381 e. The molecule has 0 aromatic heterocycles. The Kier molecular flexibility index (Phi) is 5.06. The zero-order chi connectivity index (χ0) is 9.52. The molecule has 0 atom stereocenters. The maximum atomic E-state index is 10.9. The maximum absolute atomic E-state index is 10.9. The molecule has 76 valence electrons. The highest BCUT2D eigenvalue weighted by Crippen LogP contribution is 2.21. The molecular formula is C11H20O2. The molecule has 0 N–H and O–H groups in total. The van der Waals surface area contributed by atoms with Crippen molar-refractivity contribution in [3.8, 4) is 0 Å². The Labute approximate surface area is 80.7 Å². The van der Waals surface area contributed by atoms with E-state index < -0.39 is 0 Å². The van der Waals surface area contributed by atoms with Crippen LogP contribution in [0.5, 0.6) is 0 Å². The van der Waals surface area contributed by atoms with Crippen LogP contribution in [0.1, 0.15) is 45.4 Å². The van der Waals surface area contributed by atoms with Gasteiger partial charge in [0.1, 0.15) is 5.78 Å². The number of carbonyl (C=O) groups is 1. The largest absolute Gasteiger partial charge is 0.381 e.